The van der Waals surface area contributed by atoms with E-state index in [2.05, 4.69) is 0 Å². The van der Waals surface area contributed by atoms with Gasteiger partial charge in [-0.3, -0.25) is 0 Å². The monoisotopic (exact) mass is 514 g/mol. The molecule has 1 heterocycles. The smallest absolute Gasteiger partial charge is 0.382 e. The molecule has 10 heteroatoms. The first-order valence-electron chi connectivity index (χ1n) is 10.7. The Bertz CT molecular complexity index is 1170. The summed E-state index contributed by atoms with van der Waals surface area (Å²) in [5.74, 6) is 0. The second kappa shape index (κ2) is 9.62. The van der Waals surface area contributed by atoms with E-state index in [1.54, 1.807) is 36.4 Å². The highest BCUT2D eigenvalue weighted by Gasteiger charge is 2.42. The zero-order valence-corrected chi connectivity index (χ0v) is 18.9. The Morgan fingerprint density at radius 2 is 1.54 bits per heavy atom. The van der Waals surface area contributed by atoms with Crippen LogP contribution in [0, 0.1) is 0 Å². The van der Waals surface area contributed by atoms with Gasteiger partial charge in [0, 0.05) is 18.1 Å². The van der Waals surface area contributed by atoms with Crippen molar-refractivity contribution in [1.82, 2.24) is 0 Å². The number of benzene rings is 3. The van der Waals surface area contributed by atoms with Crippen molar-refractivity contribution in [2.45, 2.75) is 31.0 Å². The average Bonchev–Trinajstić information content (AvgIpc) is 2.80. The number of aliphatic hydroxyl groups is 1. The Hall–Kier alpha value is -2.91. The van der Waals surface area contributed by atoms with Crippen LogP contribution in [0.1, 0.15) is 22.7 Å². The number of fused-ring (bicyclic) bond motifs is 1. The summed E-state index contributed by atoms with van der Waals surface area (Å²) in [5.41, 5.74) is 1.17. The molecule has 0 saturated carbocycles. The number of hydrogen-bond acceptors (Lipinski definition) is 3. The van der Waals surface area contributed by atoms with Gasteiger partial charge < -0.3 is 14.9 Å². The van der Waals surface area contributed by atoms with Gasteiger partial charge in [-0.2, -0.15) is 26.3 Å². The first-order chi connectivity index (χ1) is 16.4. The number of aliphatic hydroxyl groups excluding tert-OH is 1. The molecule has 3 aromatic rings. The van der Waals surface area contributed by atoms with E-state index in [1.807, 2.05) is 17.0 Å². The Kier molecular flexibility index (Phi) is 6.92. The van der Waals surface area contributed by atoms with Crippen LogP contribution in [0.5, 0.6) is 0 Å². The van der Waals surface area contributed by atoms with E-state index in [-0.39, 0.29) is 12.1 Å². The first kappa shape index (κ1) is 25.2. The zero-order valence-electron chi connectivity index (χ0n) is 18.2. The van der Waals surface area contributed by atoms with Crippen molar-refractivity contribution in [3.05, 3.63) is 94.5 Å². The molecule has 1 N–H and O–H groups in total. The topological polar surface area (TPSA) is 26.7 Å². The van der Waals surface area contributed by atoms with E-state index in [1.165, 1.54) is 17.0 Å². The number of hydrogen-bond donors (Lipinski definition) is 1. The molecule has 1 aliphatic heterocycles. The van der Waals surface area contributed by atoms with Gasteiger partial charge in [-0.05, 0) is 47.5 Å². The summed E-state index contributed by atoms with van der Waals surface area (Å²) in [6, 6.07) is 17.4. The summed E-state index contributed by atoms with van der Waals surface area (Å²) in [6.07, 6.45) is -12.2. The third kappa shape index (κ3) is 5.67. The van der Waals surface area contributed by atoms with E-state index < -0.39 is 36.6 Å². The molecule has 0 saturated heterocycles. The molecule has 0 amide bonds. The molecule has 0 fully saturated rings. The lowest BCUT2D eigenvalue weighted by atomic mass is 9.96. The van der Waals surface area contributed by atoms with Crippen LogP contribution >= 0.6 is 11.6 Å². The fourth-order valence-electron chi connectivity index (χ4n) is 4.23. The van der Waals surface area contributed by atoms with Crippen molar-refractivity contribution >= 4 is 23.0 Å². The highest BCUT2D eigenvalue weighted by atomic mass is 35.5. The highest BCUT2D eigenvalue weighted by molar-refractivity contribution is 6.30. The fourth-order valence-corrected chi connectivity index (χ4v) is 4.36. The molecule has 2 atom stereocenters. The summed E-state index contributed by atoms with van der Waals surface area (Å²) < 4.78 is 80.1. The van der Waals surface area contributed by atoms with Crippen LogP contribution < -0.4 is 9.80 Å². The van der Waals surface area contributed by atoms with Crippen LogP contribution in [0.3, 0.4) is 0 Å². The predicted octanol–water partition coefficient (Wildman–Crippen LogP) is 6.85. The second-order valence-electron chi connectivity index (χ2n) is 8.34. The van der Waals surface area contributed by atoms with E-state index in [9.17, 15) is 31.4 Å². The summed E-state index contributed by atoms with van der Waals surface area (Å²) >= 11 is 5.97. The molecule has 0 spiro atoms. The van der Waals surface area contributed by atoms with Crippen molar-refractivity contribution in [1.29, 1.82) is 0 Å². The van der Waals surface area contributed by atoms with E-state index >= 15 is 0 Å². The van der Waals surface area contributed by atoms with Crippen molar-refractivity contribution in [2.24, 2.45) is 0 Å². The largest absolute Gasteiger partial charge is 0.416 e. The van der Waals surface area contributed by atoms with Gasteiger partial charge in [0.15, 0.2) is 6.10 Å². The number of alkyl halides is 6. The van der Waals surface area contributed by atoms with Gasteiger partial charge >= 0.3 is 12.4 Å². The van der Waals surface area contributed by atoms with E-state index in [0.29, 0.717) is 22.9 Å². The first-order valence-corrected chi connectivity index (χ1v) is 11.1. The van der Waals surface area contributed by atoms with Crippen molar-refractivity contribution in [2.75, 3.05) is 22.9 Å². The predicted molar refractivity (Wildman–Crippen MR) is 123 cm³/mol. The third-order valence-corrected chi connectivity index (χ3v) is 6.19. The zero-order chi connectivity index (χ0) is 25.4. The lowest BCUT2D eigenvalue weighted by molar-refractivity contribution is -0.200. The van der Waals surface area contributed by atoms with Crippen LogP contribution in [-0.4, -0.2) is 30.5 Å². The lowest BCUT2D eigenvalue weighted by Crippen LogP contribution is -2.49. The Balaban J connectivity index is 1.79. The molecule has 186 valence electrons. The maximum atomic E-state index is 13.4. The molecular weight excluding hydrogens is 494 g/mol. The summed E-state index contributed by atoms with van der Waals surface area (Å²) in [5, 5.41) is 10.4. The maximum Gasteiger partial charge on any atom is 0.416 e. The number of halogens is 7. The SMILES string of the molecule is OC(CN1c2ccccc2N(Cc2ccc(Cl)cc2)CC1c1cccc(C(F)(F)F)c1)C(F)(F)F. The van der Waals surface area contributed by atoms with Gasteiger partial charge in [-0.1, -0.05) is 48.0 Å². The summed E-state index contributed by atoms with van der Waals surface area (Å²) in [6.45, 7) is -0.360. The summed E-state index contributed by atoms with van der Waals surface area (Å²) in [7, 11) is 0. The van der Waals surface area contributed by atoms with Crippen LogP contribution in [0.2, 0.25) is 5.02 Å². The third-order valence-electron chi connectivity index (χ3n) is 5.93. The molecule has 0 aliphatic carbocycles. The lowest BCUT2D eigenvalue weighted by Gasteiger charge is -2.46. The summed E-state index contributed by atoms with van der Waals surface area (Å²) in [4.78, 5) is 3.24. The molecule has 2 unspecified atom stereocenters. The molecule has 0 aromatic heterocycles. The second-order valence-corrected chi connectivity index (χ2v) is 8.78. The number of β-amino-alcohol motifs (C(OH)–C–C–N with tert-alkyl or cyclic N) is 1. The molecule has 35 heavy (non-hydrogen) atoms. The molecule has 0 bridgehead atoms. The van der Waals surface area contributed by atoms with Gasteiger partial charge in [0.25, 0.3) is 0 Å². The van der Waals surface area contributed by atoms with Gasteiger partial charge in [0.2, 0.25) is 0 Å². The number of rotatable bonds is 5. The fraction of sp³-hybridized carbons (Fsp3) is 0.280. The van der Waals surface area contributed by atoms with Crippen LogP contribution in [-0.2, 0) is 12.7 Å². The van der Waals surface area contributed by atoms with Gasteiger partial charge in [0.05, 0.1) is 29.5 Å². The molecule has 4 rings (SSSR count). The standard InChI is InChI=1S/C25H21ClF6N2O/c26-19-10-8-16(9-11-19)13-33-14-22(17-4-3-5-18(12-17)24(27,28)29)34(15-23(35)25(30,31)32)21-7-2-1-6-20(21)33/h1-12,22-23,35H,13-15H2. The minimum absolute atomic E-state index is 0.103. The molecule has 3 nitrogen and oxygen atoms in total. The Morgan fingerprint density at radius 1 is 0.886 bits per heavy atom. The minimum Gasteiger partial charge on any atom is -0.382 e. The van der Waals surface area contributed by atoms with Gasteiger partial charge in [0.1, 0.15) is 0 Å². The minimum atomic E-state index is -4.88. The molecule has 3 aromatic carbocycles. The average molecular weight is 515 g/mol. The van der Waals surface area contributed by atoms with E-state index in [4.69, 9.17) is 11.6 Å². The highest BCUT2D eigenvalue weighted by Crippen LogP contribution is 2.43. The Morgan fingerprint density at radius 3 is 2.17 bits per heavy atom. The van der Waals surface area contributed by atoms with Gasteiger partial charge in [-0.15, -0.1) is 0 Å². The van der Waals surface area contributed by atoms with Crippen molar-refractivity contribution < 1.29 is 31.4 Å². The van der Waals surface area contributed by atoms with Crippen LogP contribution in [0.4, 0.5) is 37.7 Å². The van der Waals surface area contributed by atoms with Crippen molar-refractivity contribution in [3.63, 3.8) is 0 Å². The molecule has 1 aliphatic rings. The quantitative estimate of drug-likeness (QED) is 0.377. The number of para-hydroxylation sites is 2. The van der Waals surface area contributed by atoms with Crippen LogP contribution in [0.15, 0.2) is 72.8 Å². The molecule has 0 radical (unpaired) electrons. The normalized spacial score (nSPS) is 17.3. The van der Waals surface area contributed by atoms with Crippen LogP contribution in [0.25, 0.3) is 0 Å². The Labute approximate surface area is 203 Å². The van der Waals surface area contributed by atoms with E-state index in [0.717, 1.165) is 17.7 Å². The number of nitrogens with zero attached hydrogens (tertiary/aromatic N) is 2. The maximum absolute atomic E-state index is 13.4. The van der Waals surface area contributed by atoms with Crippen molar-refractivity contribution in [3.8, 4) is 0 Å². The number of anilines is 2. The van der Waals surface area contributed by atoms with Gasteiger partial charge in [-0.25, -0.2) is 0 Å². The molecular formula is C25H21ClF6N2O.